The molecule has 1 aromatic heterocycles. The number of methoxy groups -OCH3 is 1. The van der Waals surface area contributed by atoms with Gasteiger partial charge in [-0.3, -0.25) is 10.1 Å². The summed E-state index contributed by atoms with van der Waals surface area (Å²) in [6.45, 7) is 5.00. The van der Waals surface area contributed by atoms with Crippen molar-refractivity contribution < 1.29 is 23.4 Å². The number of rotatable bonds is 4. The molecule has 0 unspecified atom stereocenters. The molecular weight excluding hydrogens is 466 g/mol. The SMILES string of the molecule is COc1ccc(-c2nc3cc(C)c(C)cc3o2)cc1NC(=S)NC(=O)c1ccc2c(c1)OCCO2. The molecule has 0 atom stereocenters. The van der Waals surface area contributed by atoms with Gasteiger partial charge < -0.3 is 23.9 Å². The van der Waals surface area contributed by atoms with Crippen LogP contribution in [-0.4, -0.2) is 36.3 Å². The summed E-state index contributed by atoms with van der Waals surface area (Å²) in [7, 11) is 1.56. The van der Waals surface area contributed by atoms with Crippen molar-refractivity contribution in [2.24, 2.45) is 0 Å². The molecule has 1 aliphatic heterocycles. The Morgan fingerprint density at radius 3 is 2.57 bits per heavy atom. The number of benzene rings is 3. The number of carbonyl (C=O) groups excluding carboxylic acids is 1. The van der Waals surface area contributed by atoms with Crippen molar-refractivity contribution in [2.75, 3.05) is 25.6 Å². The third-order valence-electron chi connectivity index (χ3n) is 5.73. The maximum absolute atomic E-state index is 12.7. The van der Waals surface area contributed by atoms with Crippen molar-refractivity contribution >= 4 is 40.0 Å². The molecule has 0 radical (unpaired) electrons. The first-order valence-electron chi connectivity index (χ1n) is 11.0. The van der Waals surface area contributed by atoms with Crippen molar-refractivity contribution in [2.45, 2.75) is 13.8 Å². The van der Waals surface area contributed by atoms with Gasteiger partial charge in [0.05, 0.1) is 12.8 Å². The molecule has 8 nitrogen and oxygen atoms in total. The predicted octanol–water partition coefficient (Wildman–Crippen LogP) is 5.02. The molecule has 178 valence electrons. The number of oxazole rings is 1. The van der Waals surface area contributed by atoms with E-state index in [9.17, 15) is 4.79 Å². The first kappa shape index (κ1) is 22.7. The van der Waals surface area contributed by atoms with Crippen LogP contribution in [0, 0.1) is 13.8 Å². The van der Waals surface area contributed by atoms with Crippen LogP contribution in [0.4, 0.5) is 5.69 Å². The van der Waals surface area contributed by atoms with E-state index in [-0.39, 0.29) is 11.0 Å². The number of nitrogens with zero attached hydrogens (tertiary/aromatic N) is 1. The quantitative estimate of drug-likeness (QED) is 0.386. The number of hydrogen-bond donors (Lipinski definition) is 2. The number of carbonyl (C=O) groups is 1. The summed E-state index contributed by atoms with van der Waals surface area (Å²) in [6, 6.07) is 14.4. The fourth-order valence-electron chi connectivity index (χ4n) is 3.76. The lowest BCUT2D eigenvalue weighted by Crippen LogP contribution is -2.34. The van der Waals surface area contributed by atoms with Crippen LogP contribution in [0.3, 0.4) is 0 Å². The van der Waals surface area contributed by atoms with E-state index in [0.717, 1.165) is 27.8 Å². The molecule has 2 N–H and O–H groups in total. The Balaban J connectivity index is 1.35. The third-order valence-corrected chi connectivity index (χ3v) is 5.93. The van der Waals surface area contributed by atoms with Gasteiger partial charge >= 0.3 is 0 Å². The average molecular weight is 490 g/mol. The first-order chi connectivity index (χ1) is 16.9. The van der Waals surface area contributed by atoms with E-state index in [2.05, 4.69) is 15.6 Å². The van der Waals surface area contributed by atoms with Gasteiger partial charge in [-0.15, -0.1) is 0 Å². The number of hydrogen-bond acceptors (Lipinski definition) is 7. The molecule has 0 saturated heterocycles. The van der Waals surface area contributed by atoms with Gasteiger partial charge in [-0.1, -0.05) is 0 Å². The lowest BCUT2D eigenvalue weighted by molar-refractivity contribution is 0.0976. The number of aromatic nitrogens is 1. The molecular formula is C26H23N3O5S. The normalized spacial score (nSPS) is 12.3. The molecule has 4 aromatic rings. The van der Waals surface area contributed by atoms with Crippen molar-refractivity contribution in [1.82, 2.24) is 10.3 Å². The molecule has 0 fully saturated rings. The van der Waals surface area contributed by atoms with Crippen molar-refractivity contribution in [3.05, 3.63) is 65.2 Å². The van der Waals surface area contributed by atoms with Gasteiger partial charge in [0.2, 0.25) is 5.89 Å². The maximum atomic E-state index is 12.7. The smallest absolute Gasteiger partial charge is 0.257 e. The molecule has 1 amide bonds. The predicted molar refractivity (Wildman–Crippen MR) is 137 cm³/mol. The van der Waals surface area contributed by atoms with Crippen LogP contribution in [0.5, 0.6) is 17.2 Å². The summed E-state index contributed by atoms with van der Waals surface area (Å²) in [5.41, 5.74) is 5.49. The van der Waals surface area contributed by atoms with Gasteiger partial charge in [0.25, 0.3) is 5.91 Å². The number of ether oxygens (including phenoxy) is 3. The molecule has 0 saturated carbocycles. The van der Waals surface area contributed by atoms with Crippen LogP contribution in [0.25, 0.3) is 22.6 Å². The molecule has 3 aromatic carbocycles. The minimum atomic E-state index is -0.376. The lowest BCUT2D eigenvalue weighted by atomic mass is 10.1. The Morgan fingerprint density at radius 2 is 1.77 bits per heavy atom. The summed E-state index contributed by atoms with van der Waals surface area (Å²) in [5.74, 6) is 1.79. The Labute approximate surface area is 207 Å². The highest BCUT2D eigenvalue weighted by Gasteiger charge is 2.17. The number of anilines is 1. The van der Waals surface area contributed by atoms with E-state index >= 15 is 0 Å². The summed E-state index contributed by atoms with van der Waals surface area (Å²) in [5, 5.41) is 5.84. The van der Waals surface area contributed by atoms with Gasteiger partial charge in [-0.2, -0.15) is 0 Å². The second kappa shape index (κ2) is 9.27. The molecule has 0 spiro atoms. The van der Waals surface area contributed by atoms with Crippen LogP contribution in [0.15, 0.2) is 52.9 Å². The van der Waals surface area contributed by atoms with Crippen LogP contribution in [-0.2, 0) is 0 Å². The molecule has 0 aliphatic carbocycles. The molecule has 1 aliphatic rings. The summed E-state index contributed by atoms with van der Waals surface area (Å²) in [6.07, 6.45) is 0. The molecule has 5 rings (SSSR count). The average Bonchev–Trinajstić information content (AvgIpc) is 3.26. The van der Waals surface area contributed by atoms with E-state index in [1.54, 1.807) is 31.4 Å². The Morgan fingerprint density at radius 1 is 1.00 bits per heavy atom. The van der Waals surface area contributed by atoms with E-state index in [4.69, 9.17) is 30.8 Å². The van der Waals surface area contributed by atoms with Gasteiger partial charge in [-0.25, -0.2) is 4.98 Å². The standard InChI is InChI=1S/C26H23N3O5S/c1-14-10-18-22(11-15(14)2)34-25(27-18)17-5-6-20(31-3)19(12-17)28-26(35)29-24(30)16-4-7-21-23(13-16)33-9-8-32-21/h4-7,10-13H,8-9H2,1-3H3,(H2,28,29,30,35). The van der Waals surface area contributed by atoms with Crippen molar-refractivity contribution in [3.63, 3.8) is 0 Å². The molecule has 9 heteroatoms. The van der Waals surface area contributed by atoms with Gasteiger partial charge in [0.15, 0.2) is 22.2 Å². The highest BCUT2D eigenvalue weighted by Crippen LogP contribution is 2.33. The largest absolute Gasteiger partial charge is 0.495 e. The Bertz CT molecular complexity index is 1420. The monoisotopic (exact) mass is 489 g/mol. The first-order valence-corrected chi connectivity index (χ1v) is 11.4. The second-order valence-corrected chi connectivity index (χ2v) is 8.51. The Hall–Kier alpha value is -4.11. The van der Waals surface area contributed by atoms with Crippen molar-refractivity contribution in [1.29, 1.82) is 0 Å². The van der Waals surface area contributed by atoms with E-state index in [1.165, 1.54) is 0 Å². The van der Waals surface area contributed by atoms with E-state index < -0.39 is 0 Å². The topological polar surface area (TPSA) is 94.9 Å². The highest BCUT2D eigenvalue weighted by atomic mass is 32.1. The molecule has 2 heterocycles. The minimum Gasteiger partial charge on any atom is -0.495 e. The zero-order valence-electron chi connectivity index (χ0n) is 19.4. The number of amides is 1. The van der Waals surface area contributed by atoms with E-state index in [1.807, 2.05) is 38.1 Å². The van der Waals surface area contributed by atoms with Crippen LogP contribution in [0.1, 0.15) is 21.5 Å². The van der Waals surface area contributed by atoms with Gasteiger partial charge in [-0.05, 0) is 85.7 Å². The van der Waals surface area contributed by atoms with Gasteiger partial charge in [0.1, 0.15) is 24.5 Å². The number of aryl methyl sites for hydroxylation is 2. The third kappa shape index (κ3) is 4.63. The van der Waals surface area contributed by atoms with Crippen molar-refractivity contribution in [3.8, 4) is 28.7 Å². The highest BCUT2D eigenvalue weighted by molar-refractivity contribution is 7.80. The zero-order chi connectivity index (χ0) is 24.5. The summed E-state index contributed by atoms with van der Waals surface area (Å²) in [4.78, 5) is 17.4. The number of thiocarbonyl (C=S) groups is 1. The fraction of sp³-hybridized carbons (Fsp3) is 0.192. The summed E-state index contributed by atoms with van der Waals surface area (Å²) < 4.78 is 22.5. The second-order valence-electron chi connectivity index (χ2n) is 8.10. The van der Waals surface area contributed by atoms with Crippen LogP contribution in [0.2, 0.25) is 0 Å². The lowest BCUT2D eigenvalue weighted by Gasteiger charge is -2.19. The molecule has 0 bridgehead atoms. The zero-order valence-corrected chi connectivity index (χ0v) is 20.2. The maximum Gasteiger partial charge on any atom is 0.257 e. The molecule has 35 heavy (non-hydrogen) atoms. The number of nitrogens with one attached hydrogen (secondary N) is 2. The summed E-state index contributed by atoms with van der Waals surface area (Å²) >= 11 is 5.39. The minimum absolute atomic E-state index is 0.115. The fourth-order valence-corrected chi connectivity index (χ4v) is 3.96. The number of fused-ring (bicyclic) bond motifs is 2. The van der Waals surface area contributed by atoms with Gasteiger partial charge in [0, 0.05) is 11.1 Å². The van der Waals surface area contributed by atoms with E-state index in [0.29, 0.717) is 47.6 Å². The Kier molecular flexibility index (Phi) is 6.00. The van der Waals surface area contributed by atoms with Crippen LogP contribution >= 0.6 is 12.2 Å². The van der Waals surface area contributed by atoms with Crippen LogP contribution < -0.4 is 24.8 Å².